The van der Waals surface area contributed by atoms with Gasteiger partial charge in [0.25, 0.3) is 5.91 Å². The summed E-state index contributed by atoms with van der Waals surface area (Å²) in [7, 11) is 0. The number of nitrogens with one attached hydrogen (secondary N) is 1. The van der Waals surface area contributed by atoms with Crippen LogP contribution in [0.2, 0.25) is 0 Å². The van der Waals surface area contributed by atoms with Crippen LogP contribution < -0.4 is 11.1 Å². The van der Waals surface area contributed by atoms with Gasteiger partial charge in [-0.2, -0.15) is 0 Å². The maximum atomic E-state index is 12.8. The van der Waals surface area contributed by atoms with E-state index in [2.05, 4.69) is 16.3 Å². The van der Waals surface area contributed by atoms with E-state index < -0.39 is 6.04 Å². The molecule has 29 heavy (non-hydrogen) atoms. The minimum absolute atomic E-state index is 0.112. The van der Waals surface area contributed by atoms with Crippen molar-refractivity contribution in [2.24, 2.45) is 17.6 Å². The number of amides is 3. The molecule has 2 saturated heterocycles. The Labute approximate surface area is 170 Å². The smallest absolute Gasteiger partial charge is 0.255 e. The summed E-state index contributed by atoms with van der Waals surface area (Å²) in [4.78, 5) is 40.5. The van der Waals surface area contributed by atoms with Gasteiger partial charge in [0.2, 0.25) is 11.8 Å². The number of likely N-dealkylation sites (tertiary alicyclic amines) is 1. The zero-order chi connectivity index (χ0) is 20.1. The zero-order valence-corrected chi connectivity index (χ0v) is 16.6. The van der Waals surface area contributed by atoms with E-state index in [1.165, 1.54) is 18.4 Å². The lowest BCUT2D eigenvalue weighted by Crippen LogP contribution is -2.52. The molecule has 3 amide bonds. The largest absolute Gasteiger partial charge is 0.327 e. The molecule has 0 bridgehead atoms. The number of benzene rings is 1. The van der Waals surface area contributed by atoms with Gasteiger partial charge in [-0.15, -0.1) is 0 Å². The fourth-order valence-corrected chi connectivity index (χ4v) is 5.72. The molecule has 4 atom stereocenters. The first kappa shape index (κ1) is 18.8. The van der Waals surface area contributed by atoms with Crippen LogP contribution >= 0.6 is 0 Å². The number of hydrogen-bond donors (Lipinski definition) is 2. The van der Waals surface area contributed by atoms with Crippen molar-refractivity contribution in [1.29, 1.82) is 0 Å². The number of carbonyl (C=O) groups excluding carboxylic acids is 3. The Balaban J connectivity index is 1.28. The summed E-state index contributed by atoms with van der Waals surface area (Å²) in [6, 6.07) is 5.82. The molecule has 3 fully saturated rings. The number of carbonyl (C=O) groups is 3. The quantitative estimate of drug-likeness (QED) is 0.744. The SMILES string of the molecule is NC1CCCC2CN(Cc3ccc4c(c3)CN(C3CCC(=O)NC3=O)C4=O)CC12. The number of piperidine rings is 1. The Kier molecular flexibility index (Phi) is 4.67. The lowest BCUT2D eigenvalue weighted by atomic mass is 9.78. The van der Waals surface area contributed by atoms with Crippen molar-refractivity contribution in [3.05, 3.63) is 34.9 Å². The Bertz CT molecular complexity index is 870. The normalized spacial score (nSPS) is 32.3. The van der Waals surface area contributed by atoms with Crippen LogP contribution in [0.4, 0.5) is 0 Å². The molecular weight excluding hydrogens is 368 g/mol. The average molecular weight is 396 g/mol. The molecule has 3 aliphatic heterocycles. The van der Waals surface area contributed by atoms with Crippen molar-refractivity contribution in [1.82, 2.24) is 15.1 Å². The summed E-state index contributed by atoms with van der Waals surface area (Å²) in [5.41, 5.74) is 9.20. The van der Waals surface area contributed by atoms with Crippen molar-refractivity contribution in [3.63, 3.8) is 0 Å². The van der Waals surface area contributed by atoms with Gasteiger partial charge >= 0.3 is 0 Å². The van der Waals surface area contributed by atoms with Gasteiger partial charge < -0.3 is 10.6 Å². The second-order valence-electron chi connectivity index (χ2n) is 9.10. The van der Waals surface area contributed by atoms with Crippen LogP contribution in [-0.2, 0) is 22.7 Å². The van der Waals surface area contributed by atoms with E-state index in [4.69, 9.17) is 5.73 Å². The molecule has 1 aromatic rings. The number of imide groups is 1. The summed E-state index contributed by atoms with van der Waals surface area (Å²) < 4.78 is 0. The lowest BCUT2D eigenvalue weighted by molar-refractivity contribution is -0.136. The molecule has 1 aromatic carbocycles. The fourth-order valence-electron chi connectivity index (χ4n) is 5.72. The van der Waals surface area contributed by atoms with E-state index in [0.717, 1.165) is 37.5 Å². The fraction of sp³-hybridized carbons (Fsp3) is 0.591. The first-order valence-electron chi connectivity index (χ1n) is 10.7. The molecule has 0 spiro atoms. The van der Waals surface area contributed by atoms with Crippen LogP contribution in [0.25, 0.3) is 0 Å². The third-order valence-corrected chi connectivity index (χ3v) is 7.22. The number of nitrogens with zero attached hydrogens (tertiary/aromatic N) is 2. The van der Waals surface area contributed by atoms with Crippen LogP contribution in [0.5, 0.6) is 0 Å². The van der Waals surface area contributed by atoms with Gasteiger partial charge in [0.05, 0.1) is 0 Å². The highest BCUT2D eigenvalue weighted by atomic mass is 16.2. The monoisotopic (exact) mass is 396 g/mol. The summed E-state index contributed by atoms with van der Waals surface area (Å²) >= 11 is 0. The van der Waals surface area contributed by atoms with Crippen molar-refractivity contribution in [2.45, 2.75) is 57.3 Å². The molecule has 0 radical (unpaired) electrons. The average Bonchev–Trinajstić information content (AvgIpc) is 3.24. The van der Waals surface area contributed by atoms with Gasteiger partial charge in [-0.3, -0.25) is 24.6 Å². The first-order valence-corrected chi connectivity index (χ1v) is 10.7. The van der Waals surface area contributed by atoms with Gasteiger partial charge in [0.15, 0.2) is 0 Å². The molecule has 3 heterocycles. The molecule has 4 aliphatic rings. The minimum Gasteiger partial charge on any atom is -0.327 e. The molecule has 5 rings (SSSR count). The summed E-state index contributed by atoms with van der Waals surface area (Å²) in [5, 5.41) is 2.35. The van der Waals surface area contributed by atoms with Gasteiger partial charge in [0, 0.05) is 44.2 Å². The maximum absolute atomic E-state index is 12.8. The Hall–Kier alpha value is -2.25. The highest BCUT2D eigenvalue weighted by Gasteiger charge is 2.40. The summed E-state index contributed by atoms with van der Waals surface area (Å²) in [6.07, 6.45) is 4.35. The van der Waals surface area contributed by atoms with Gasteiger partial charge in [0.1, 0.15) is 6.04 Å². The third kappa shape index (κ3) is 3.36. The van der Waals surface area contributed by atoms with Crippen molar-refractivity contribution >= 4 is 17.7 Å². The molecule has 3 N–H and O–H groups in total. The molecule has 7 heteroatoms. The minimum atomic E-state index is -0.556. The van der Waals surface area contributed by atoms with Crippen LogP contribution in [0.15, 0.2) is 18.2 Å². The van der Waals surface area contributed by atoms with E-state index in [-0.39, 0.29) is 24.1 Å². The lowest BCUT2D eigenvalue weighted by Gasteiger charge is -2.29. The predicted molar refractivity (Wildman–Crippen MR) is 107 cm³/mol. The van der Waals surface area contributed by atoms with Crippen molar-refractivity contribution in [2.75, 3.05) is 13.1 Å². The van der Waals surface area contributed by atoms with E-state index in [0.29, 0.717) is 30.5 Å². The van der Waals surface area contributed by atoms with Gasteiger partial charge in [-0.25, -0.2) is 0 Å². The second-order valence-corrected chi connectivity index (χ2v) is 9.10. The number of hydrogen-bond acceptors (Lipinski definition) is 5. The van der Waals surface area contributed by atoms with Crippen LogP contribution in [0.1, 0.15) is 53.6 Å². The van der Waals surface area contributed by atoms with Crippen LogP contribution in [0.3, 0.4) is 0 Å². The first-order chi connectivity index (χ1) is 14.0. The van der Waals surface area contributed by atoms with E-state index in [1.807, 2.05) is 12.1 Å². The Morgan fingerprint density at radius 3 is 2.76 bits per heavy atom. The topological polar surface area (TPSA) is 95.7 Å². The van der Waals surface area contributed by atoms with Gasteiger partial charge in [-0.1, -0.05) is 18.6 Å². The van der Waals surface area contributed by atoms with E-state index in [1.54, 1.807) is 4.90 Å². The molecule has 4 unspecified atom stereocenters. The maximum Gasteiger partial charge on any atom is 0.255 e. The van der Waals surface area contributed by atoms with Crippen LogP contribution in [-0.4, -0.2) is 52.7 Å². The highest BCUT2D eigenvalue weighted by molar-refractivity contribution is 6.05. The number of rotatable bonds is 3. The van der Waals surface area contributed by atoms with E-state index >= 15 is 0 Å². The molecule has 1 saturated carbocycles. The van der Waals surface area contributed by atoms with E-state index in [9.17, 15) is 14.4 Å². The summed E-state index contributed by atoms with van der Waals surface area (Å²) in [6.45, 7) is 3.48. The zero-order valence-electron chi connectivity index (χ0n) is 16.6. The molecule has 1 aliphatic carbocycles. The van der Waals surface area contributed by atoms with Crippen LogP contribution in [0, 0.1) is 11.8 Å². The van der Waals surface area contributed by atoms with Crippen molar-refractivity contribution < 1.29 is 14.4 Å². The highest BCUT2D eigenvalue weighted by Crippen LogP contribution is 2.36. The Morgan fingerprint density at radius 1 is 1.10 bits per heavy atom. The number of fused-ring (bicyclic) bond motifs is 2. The second kappa shape index (κ2) is 7.22. The Morgan fingerprint density at radius 2 is 1.97 bits per heavy atom. The predicted octanol–water partition coefficient (Wildman–Crippen LogP) is 1.01. The molecule has 0 aromatic heterocycles. The molecular formula is C22H28N4O3. The van der Waals surface area contributed by atoms with Crippen molar-refractivity contribution in [3.8, 4) is 0 Å². The molecule has 154 valence electrons. The standard InChI is InChI=1S/C22H28N4O3/c23-18-3-1-2-14-10-25(12-17(14)18)9-13-4-5-16-15(8-13)11-26(22(16)29)19-6-7-20(27)24-21(19)28/h4-5,8,14,17-19H,1-3,6-7,9-12,23H2,(H,24,27,28). The number of nitrogens with two attached hydrogens (primary N) is 1. The molecule has 7 nitrogen and oxygen atoms in total. The third-order valence-electron chi connectivity index (χ3n) is 7.22. The summed E-state index contributed by atoms with van der Waals surface area (Å²) in [5.74, 6) is 0.599. The van der Waals surface area contributed by atoms with Gasteiger partial charge in [-0.05, 0) is 48.3 Å².